The van der Waals surface area contributed by atoms with Crippen molar-refractivity contribution in [1.29, 1.82) is 0 Å². The van der Waals surface area contributed by atoms with Gasteiger partial charge in [0.15, 0.2) is 0 Å². The van der Waals surface area contributed by atoms with Crippen LogP contribution in [0.25, 0.3) is 10.8 Å². The minimum Gasteiger partial charge on any atom is -0.459 e. The molecular weight excluding hydrogens is 376 g/mol. The van der Waals surface area contributed by atoms with Gasteiger partial charge in [0.2, 0.25) is 0 Å². The summed E-state index contributed by atoms with van der Waals surface area (Å²) in [5.41, 5.74) is 1.52. The van der Waals surface area contributed by atoms with Crippen LogP contribution in [-0.2, 0) is 14.3 Å². The van der Waals surface area contributed by atoms with E-state index in [9.17, 15) is 9.59 Å². The van der Waals surface area contributed by atoms with Gasteiger partial charge in [-0.05, 0) is 66.7 Å². The van der Waals surface area contributed by atoms with E-state index < -0.39 is 0 Å². The van der Waals surface area contributed by atoms with E-state index in [2.05, 4.69) is 13.5 Å². The van der Waals surface area contributed by atoms with E-state index in [1.807, 2.05) is 49.4 Å². The van der Waals surface area contributed by atoms with Crippen LogP contribution >= 0.6 is 0 Å². The smallest absolute Gasteiger partial charge is 0.339 e. The molecule has 2 aromatic rings. The van der Waals surface area contributed by atoms with Gasteiger partial charge in [-0.15, -0.1) is 0 Å². The number of carbonyl (C=O) groups excluding carboxylic acids is 2. The number of fused-ring (bicyclic) bond motifs is 3. The zero-order valence-corrected chi connectivity index (χ0v) is 17.6. The predicted molar refractivity (Wildman–Crippen MR) is 115 cm³/mol. The van der Waals surface area contributed by atoms with Crippen molar-refractivity contribution >= 4 is 22.7 Å². The number of rotatable bonds is 5. The Morgan fingerprint density at radius 1 is 1.27 bits per heavy atom. The molecule has 0 amide bonds. The summed E-state index contributed by atoms with van der Waals surface area (Å²) in [5, 5.41) is 1.97. The highest BCUT2D eigenvalue weighted by molar-refractivity contribution is 6.04. The van der Waals surface area contributed by atoms with Gasteiger partial charge in [-0.1, -0.05) is 49.9 Å². The molecule has 5 rings (SSSR count). The van der Waals surface area contributed by atoms with E-state index in [0.29, 0.717) is 23.0 Å². The molecule has 2 unspecified atom stereocenters. The van der Waals surface area contributed by atoms with Gasteiger partial charge in [0, 0.05) is 11.5 Å². The van der Waals surface area contributed by atoms with Crippen LogP contribution < -0.4 is 0 Å². The van der Waals surface area contributed by atoms with Crippen molar-refractivity contribution in [3.05, 3.63) is 60.2 Å². The number of benzene rings is 2. The van der Waals surface area contributed by atoms with Gasteiger partial charge in [-0.25, -0.2) is 9.59 Å². The lowest BCUT2D eigenvalue weighted by molar-refractivity contribution is -0.140. The maximum atomic E-state index is 12.8. The highest BCUT2D eigenvalue weighted by atomic mass is 16.6. The molecule has 2 aromatic carbocycles. The molecule has 1 saturated heterocycles. The second-order valence-corrected chi connectivity index (χ2v) is 9.55. The Kier molecular flexibility index (Phi) is 4.49. The summed E-state index contributed by atoms with van der Waals surface area (Å²) < 4.78 is 11.3. The molecule has 0 bridgehead atoms. The second-order valence-electron chi connectivity index (χ2n) is 9.55. The Labute approximate surface area is 177 Å². The Balaban J connectivity index is 1.19. The number of carbonyl (C=O) groups is 2. The minimum atomic E-state index is -0.253. The van der Waals surface area contributed by atoms with Gasteiger partial charge < -0.3 is 9.47 Å². The molecule has 30 heavy (non-hydrogen) atoms. The third kappa shape index (κ3) is 3.05. The molecule has 0 spiro atoms. The van der Waals surface area contributed by atoms with Gasteiger partial charge in [0.05, 0.1) is 11.7 Å². The summed E-state index contributed by atoms with van der Waals surface area (Å²) in [6, 6.07) is 13.6. The van der Waals surface area contributed by atoms with Crippen LogP contribution in [0.4, 0.5) is 0 Å². The number of hydrogen-bond acceptors (Lipinski definition) is 4. The summed E-state index contributed by atoms with van der Waals surface area (Å²) in [4.78, 5) is 24.6. The van der Waals surface area contributed by atoms with E-state index in [-0.39, 0.29) is 35.5 Å². The number of ether oxygens (including phenoxy) is 2. The van der Waals surface area contributed by atoms with Gasteiger partial charge in [0.25, 0.3) is 0 Å². The van der Waals surface area contributed by atoms with Crippen molar-refractivity contribution in [2.24, 2.45) is 23.2 Å². The van der Waals surface area contributed by atoms with Crippen molar-refractivity contribution < 1.29 is 19.1 Å². The van der Waals surface area contributed by atoms with E-state index in [1.54, 1.807) is 0 Å². The lowest BCUT2D eigenvalue weighted by atomic mass is 9.79. The highest BCUT2D eigenvalue weighted by Crippen LogP contribution is 2.70. The molecule has 4 nitrogen and oxygen atoms in total. The molecule has 1 heterocycles. The summed E-state index contributed by atoms with van der Waals surface area (Å²) in [5.74, 6) is 0.957. The molecule has 2 aliphatic carbocycles. The quantitative estimate of drug-likeness (QED) is 0.501. The third-order valence-corrected chi connectivity index (χ3v) is 7.84. The molecule has 2 saturated carbocycles. The van der Waals surface area contributed by atoms with Crippen molar-refractivity contribution in [3.63, 3.8) is 0 Å². The topological polar surface area (TPSA) is 52.6 Å². The van der Waals surface area contributed by atoms with Crippen molar-refractivity contribution in [2.75, 3.05) is 0 Å². The summed E-state index contributed by atoms with van der Waals surface area (Å²) in [7, 11) is 0. The number of hydrogen-bond donors (Lipinski definition) is 0. The van der Waals surface area contributed by atoms with Crippen molar-refractivity contribution in [1.82, 2.24) is 0 Å². The largest absolute Gasteiger partial charge is 0.459 e. The maximum Gasteiger partial charge on any atom is 0.339 e. The first-order valence-electron chi connectivity index (χ1n) is 11.0. The molecule has 3 fully saturated rings. The standard InChI is InChI=1S/C26H28O4/c1-15(29-25(28)19-10-6-8-17-7-4-5-9-18(17)19)11-12-21-22-13-20-16(2)24(27)30-23(20)14-26(21,22)3/h4-10,15,20-23H,2,11-14H2,1,3H3/t15?,20-,21?,22+,23-,26-/m1/s1. The zero-order valence-electron chi connectivity index (χ0n) is 17.6. The molecule has 0 radical (unpaired) electrons. The average Bonchev–Trinajstić information content (AvgIpc) is 3.21. The monoisotopic (exact) mass is 404 g/mol. The molecule has 4 heteroatoms. The average molecular weight is 405 g/mol. The Morgan fingerprint density at radius 2 is 2.03 bits per heavy atom. The van der Waals surface area contributed by atoms with E-state index in [1.165, 1.54) is 0 Å². The fourth-order valence-electron chi connectivity index (χ4n) is 6.01. The zero-order chi connectivity index (χ0) is 21.0. The Bertz CT molecular complexity index is 1040. The number of esters is 2. The van der Waals surface area contributed by atoms with E-state index in [4.69, 9.17) is 9.47 Å². The van der Waals surface area contributed by atoms with Crippen LogP contribution in [0.15, 0.2) is 54.6 Å². The Hall–Kier alpha value is -2.62. The lowest BCUT2D eigenvalue weighted by Gasteiger charge is -2.27. The van der Waals surface area contributed by atoms with Crippen LogP contribution in [0.5, 0.6) is 0 Å². The minimum absolute atomic E-state index is 0.0119. The first-order valence-corrected chi connectivity index (χ1v) is 11.0. The molecule has 6 atom stereocenters. The van der Waals surface area contributed by atoms with E-state index in [0.717, 1.165) is 36.5 Å². The lowest BCUT2D eigenvalue weighted by Crippen LogP contribution is -2.26. The summed E-state index contributed by atoms with van der Waals surface area (Å²) in [6.45, 7) is 8.25. The van der Waals surface area contributed by atoms with Gasteiger partial charge >= 0.3 is 11.9 Å². The first kappa shape index (κ1) is 19.3. The normalized spacial score (nSPS) is 32.9. The fraction of sp³-hybridized carbons (Fsp3) is 0.462. The Morgan fingerprint density at radius 3 is 2.87 bits per heavy atom. The highest BCUT2D eigenvalue weighted by Gasteiger charge is 2.66. The van der Waals surface area contributed by atoms with Crippen molar-refractivity contribution in [2.45, 2.75) is 51.7 Å². The predicted octanol–water partition coefficient (Wildman–Crippen LogP) is 5.31. The maximum absolute atomic E-state index is 12.8. The molecule has 3 aliphatic rings. The van der Waals surface area contributed by atoms with Gasteiger partial charge in [-0.2, -0.15) is 0 Å². The SMILES string of the molecule is C=C1C(=O)O[C@@H]2C[C@]3(C)C(CCC(C)OC(=O)c4cccc5ccccc45)[C@@H]3C[C@H]12. The van der Waals surface area contributed by atoms with Crippen LogP contribution in [0.3, 0.4) is 0 Å². The summed E-state index contributed by atoms with van der Waals surface area (Å²) in [6.07, 6.45) is 3.70. The fourth-order valence-corrected chi connectivity index (χ4v) is 6.01. The first-order chi connectivity index (χ1) is 14.4. The molecule has 156 valence electrons. The molecule has 0 aromatic heterocycles. The molecular formula is C26H28O4. The van der Waals surface area contributed by atoms with Gasteiger partial charge in [0.1, 0.15) is 6.10 Å². The summed E-state index contributed by atoms with van der Waals surface area (Å²) >= 11 is 0. The van der Waals surface area contributed by atoms with Crippen molar-refractivity contribution in [3.8, 4) is 0 Å². The molecule has 0 N–H and O–H groups in total. The van der Waals surface area contributed by atoms with Crippen LogP contribution in [0.2, 0.25) is 0 Å². The van der Waals surface area contributed by atoms with Crippen LogP contribution in [-0.4, -0.2) is 24.1 Å². The van der Waals surface area contributed by atoms with Crippen LogP contribution in [0.1, 0.15) is 49.9 Å². The molecule has 1 aliphatic heterocycles. The van der Waals surface area contributed by atoms with Crippen LogP contribution in [0, 0.1) is 23.2 Å². The second kappa shape index (κ2) is 6.97. The third-order valence-electron chi connectivity index (χ3n) is 7.84. The van der Waals surface area contributed by atoms with E-state index >= 15 is 0 Å². The van der Waals surface area contributed by atoms with Gasteiger partial charge in [-0.3, -0.25) is 0 Å².